The highest BCUT2D eigenvalue weighted by atomic mass is 19.4. The normalized spacial score (nSPS) is 13.3. The summed E-state index contributed by atoms with van der Waals surface area (Å²) in [6, 6.07) is 1.62. The second-order valence-electron chi connectivity index (χ2n) is 4.24. The Kier molecular flexibility index (Phi) is 2.61. The average Bonchev–Trinajstić information content (AvgIpc) is 2.29. The van der Waals surface area contributed by atoms with Crippen LogP contribution in [0.5, 0.6) is 0 Å². The molecule has 1 aromatic heterocycles. The maximum absolute atomic E-state index is 12.1. The fraction of sp³-hybridized carbons (Fsp3) is 0.667. The second-order valence-corrected chi connectivity index (χ2v) is 4.24. The van der Waals surface area contributed by atoms with Crippen LogP contribution in [0.25, 0.3) is 0 Å². The first kappa shape index (κ1) is 11.1. The summed E-state index contributed by atoms with van der Waals surface area (Å²) in [6.07, 6.45) is -2.82. The molecule has 0 radical (unpaired) electrons. The van der Waals surface area contributed by atoms with Crippen molar-refractivity contribution in [3.8, 4) is 0 Å². The van der Waals surface area contributed by atoms with Crippen LogP contribution in [0.2, 0.25) is 0 Å². The summed E-state index contributed by atoms with van der Waals surface area (Å²) in [7, 11) is 0. The zero-order chi connectivity index (χ0) is 11.0. The van der Waals surface area contributed by atoms with Gasteiger partial charge in [-0.05, 0) is 6.07 Å². The lowest BCUT2D eigenvalue weighted by atomic mass is 9.92. The van der Waals surface area contributed by atoms with Gasteiger partial charge >= 0.3 is 6.18 Å². The molecule has 0 saturated carbocycles. The zero-order valence-electron chi connectivity index (χ0n) is 8.39. The van der Waals surface area contributed by atoms with E-state index in [1.54, 1.807) is 6.07 Å². The molecule has 0 saturated heterocycles. The van der Waals surface area contributed by atoms with Crippen LogP contribution in [0.1, 0.15) is 26.5 Å². The number of rotatable bonds is 1. The molecule has 0 spiro atoms. The van der Waals surface area contributed by atoms with Crippen LogP contribution in [0.4, 0.5) is 13.2 Å². The Morgan fingerprint density at radius 2 is 1.86 bits per heavy atom. The van der Waals surface area contributed by atoms with Crippen molar-refractivity contribution in [2.45, 2.75) is 38.9 Å². The van der Waals surface area contributed by atoms with E-state index in [9.17, 15) is 13.2 Å². The number of aromatic nitrogens is 2. The Labute approximate surface area is 80.7 Å². The highest BCUT2D eigenvalue weighted by Gasteiger charge is 2.31. The summed E-state index contributed by atoms with van der Waals surface area (Å²) in [5, 5.41) is 3.66. The molecule has 0 N–H and O–H groups in total. The third-order valence-electron chi connectivity index (χ3n) is 1.81. The van der Waals surface area contributed by atoms with Crippen molar-refractivity contribution in [1.29, 1.82) is 0 Å². The van der Waals surface area contributed by atoms with Gasteiger partial charge in [0.1, 0.15) is 6.54 Å². The SMILES string of the molecule is CC(C)(C)c1ccnn1CC(F)(F)F. The maximum Gasteiger partial charge on any atom is 0.408 e. The molecule has 5 heteroatoms. The molecule has 0 amide bonds. The average molecular weight is 206 g/mol. The molecule has 0 atom stereocenters. The highest BCUT2D eigenvalue weighted by molar-refractivity contribution is 5.11. The van der Waals surface area contributed by atoms with Crippen molar-refractivity contribution in [3.63, 3.8) is 0 Å². The Morgan fingerprint density at radius 1 is 1.29 bits per heavy atom. The molecule has 1 aromatic rings. The quantitative estimate of drug-likeness (QED) is 0.690. The summed E-state index contributed by atoms with van der Waals surface area (Å²) in [6.45, 7) is 4.55. The van der Waals surface area contributed by atoms with E-state index >= 15 is 0 Å². The van der Waals surface area contributed by atoms with E-state index in [2.05, 4.69) is 5.10 Å². The summed E-state index contributed by atoms with van der Waals surface area (Å²) in [5.74, 6) is 0. The van der Waals surface area contributed by atoms with Gasteiger partial charge in [-0.3, -0.25) is 4.68 Å². The Morgan fingerprint density at radius 3 is 2.29 bits per heavy atom. The topological polar surface area (TPSA) is 17.8 Å². The molecule has 2 nitrogen and oxygen atoms in total. The van der Waals surface area contributed by atoms with Crippen molar-refractivity contribution < 1.29 is 13.2 Å². The molecule has 1 heterocycles. The molecule has 0 aliphatic rings. The van der Waals surface area contributed by atoms with Crippen LogP contribution < -0.4 is 0 Å². The fourth-order valence-electron chi connectivity index (χ4n) is 1.27. The molecule has 0 bridgehead atoms. The van der Waals surface area contributed by atoms with Gasteiger partial charge in [0.2, 0.25) is 0 Å². The van der Waals surface area contributed by atoms with Crippen LogP contribution in [-0.4, -0.2) is 16.0 Å². The Hall–Kier alpha value is -1.00. The third-order valence-corrected chi connectivity index (χ3v) is 1.81. The van der Waals surface area contributed by atoms with Crippen LogP contribution >= 0.6 is 0 Å². The van der Waals surface area contributed by atoms with Crippen LogP contribution in [-0.2, 0) is 12.0 Å². The van der Waals surface area contributed by atoms with Crippen molar-refractivity contribution in [2.24, 2.45) is 0 Å². The van der Waals surface area contributed by atoms with Gasteiger partial charge in [0.05, 0.1) is 0 Å². The largest absolute Gasteiger partial charge is 0.408 e. The molecule has 0 aromatic carbocycles. The van der Waals surface area contributed by atoms with Gasteiger partial charge in [-0.25, -0.2) is 0 Å². The van der Waals surface area contributed by atoms with Gasteiger partial charge in [-0.1, -0.05) is 20.8 Å². The molecule has 1 rings (SSSR count). The third kappa shape index (κ3) is 2.75. The second kappa shape index (κ2) is 3.29. The molecule has 0 aliphatic carbocycles. The summed E-state index contributed by atoms with van der Waals surface area (Å²) in [4.78, 5) is 0. The smallest absolute Gasteiger partial charge is 0.260 e. The number of hydrogen-bond acceptors (Lipinski definition) is 1. The van der Waals surface area contributed by atoms with E-state index in [0.717, 1.165) is 4.68 Å². The molecule has 80 valence electrons. The van der Waals surface area contributed by atoms with Gasteiger partial charge in [-0.15, -0.1) is 0 Å². The minimum absolute atomic E-state index is 0.318. The van der Waals surface area contributed by atoms with Gasteiger partial charge in [0.15, 0.2) is 0 Å². The number of nitrogens with zero attached hydrogens (tertiary/aromatic N) is 2. The van der Waals surface area contributed by atoms with Gasteiger partial charge in [0.25, 0.3) is 0 Å². The minimum atomic E-state index is -4.22. The lowest BCUT2D eigenvalue weighted by Crippen LogP contribution is -2.25. The van der Waals surface area contributed by atoms with Crippen molar-refractivity contribution in [3.05, 3.63) is 18.0 Å². The van der Waals surface area contributed by atoms with Crippen LogP contribution in [0.15, 0.2) is 12.3 Å². The van der Waals surface area contributed by atoms with Crippen molar-refractivity contribution in [1.82, 2.24) is 9.78 Å². The molecule has 0 aliphatic heterocycles. The monoisotopic (exact) mass is 206 g/mol. The van der Waals surface area contributed by atoms with Gasteiger partial charge in [-0.2, -0.15) is 18.3 Å². The number of hydrogen-bond donors (Lipinski definition) is 0. The van der Waals surface area contributed by atoms with E-state index in [-0.39, 0.29) is 5.41 Å². The fourth-order valence-corrected chi connectivity index (χ4v) is 1.27. The zero-order valence-corrected chi connectivity index (χ0v) is 8.39. The van der Waals surface area contributed by atoms with Crippen LogP contribution in [0, 0.1) is 0 Å². The van der Waals surface area contributed by atoms with E-state index in [4.69, 9.17) is 0 Å². The molecule has 0 unspecified atom stereocenters. The molecule has 0 fully saturated rings. The summed E-state index contributed by atoms with van der Waals surface area (Å²) >= 11 is 0. The minimum Gasteiger partial charge on any atom is -0.260 e. The van der Waals surface area contributed by atoms with E-state index in [1.807, 2.05) is 20.8 Å². The van der Waals surface area contributed by atoms with Crippen LogP contribution in [0.3, 0.4) is 0 Å². The number of alkyl halides is 3. The standard InChI is InChI=1S/C9H13F3N2/c1-8(2,3)7-4-5-13-14(7)6-9(10,11)12/h4-5H,6H2,1-3H3. The predicted molar refractivity (Wildman–Crippen MR) is 47.0 cm³/mol. The van der Waals surface area contributed by atoms with E-state index in [1.165, 1.54) is 6.20 Å². The summed E-state index contributed by atoms with van der Waals surface area (Å²) in [5.41, 5.74) is 0.275. The maximum atomic E-state index is 12.1. The predicted octanol–water partition coefficient (Wildman–Crippen LogP) is 2.74. The van der Waals surface area contributed by atoms with E-state index in [0.29, 0.717) is 5.69 Å². The Balaban J connectivity index is 2.95. The van der Waals surface area contributed by atoms with Crippen molar-refractivity contribution in [2.75, 3.05) is 0 Å². The lowest BCUT2D eigenvalue weighted by molar-refractivity contribution is -0.143. The van der Waals surface area contributed by atoms with E-state index < -0.39 is 12.7 Å². The highest BCUT2D eigenvalue weighted by Crippen LogP contribution is 2.24. The van der Waals surface area contributed by atoms with Gasteiger partial charge < -0.3 is 0 Å². The number of halogens is 3. The lowest BCUT2D eigenvalue weighted by Gasteiger charge is -2.20. The Bertz CT molecular complexity index is 307. The molecule has 14 heavy (non-hydrogen) atoms. The first-order valence-corrected chi connectivity index (χ1v) is 4.29. The first-order valence-electron chi connectivity index (χ1n) is 4.29. The molecular formula is C9H13F3N2. The van der Waals surface area contributed by atoms with Gasteiger partial charge in [0, 0.05) is 17.3 Å². The summed E-state index contributed by atoms with van der Waals surface area (Å²) < 4.78 is 37.4. The molecular weight excluding hydrogens is 193 g/mol. The van der Waals surface area contributed by atoms with Crippen molar-refractivity contribution >= 4 is 0 Å². The first-order chi connectivity index (χ1) is 6.20.